The van der Waals surface area contributed by atoms with Crippen molar-refractivity contribution in [1.82, 2.24) is 5.32 Å². The molecule has 0 fully saturated rings. The molecule has 0 radical (unpaired) electrons. The van der Waals surface area contributed by atoms with Crippen LogP contribution in [0.5, 0.6) is 0 Å². The Labute approximate surface area is 120 Å². The van der Waals surface area contributed by atoms with Gasteiger partial charge in [-0.2, -0.15) is 8.78 Å². The van der Waals surface area contributed by atoms with E-state index in [-0.39, 0.29) is 18.1 Å². The fraction of sp³-hybridized carbons (Fsp3) is 0.615. The number of carbonyl (C=O) groups is 1. The Bertz CT molecular complexity index is 425. The summed E-state index contributed by atoms with van der Waals surface area (Å²) in [5.41, 5.74) is -0.679. The number of amides is 1. The van der Waals surface area contributed by atoms with Crippen LogP contribution < -0.4 is 5.32 Å². The van der Waals surface area contributed by atoms with Crippen LogP contribution in [0.25, 0.3) is 0 Å². The highest BCUT2D eigenvalue weighted by Gasteiger charge is 2.28. The third-order valence-corrected chi connectivity index (χ3v) is 3.98. The molecule has 114 valence electrons. The number of hydrogen-bond acceptors (Lipinski definition) is 4. The lowest BCUT2D eigenvalue weighted by atomic mass is 9.94. The summed E-state index contributed by atoms with van der Waals surface area (Å²) in [7, 11) is 0. The van der Waals surface area contributed by atoms with Gasteiger partial charge in [0.15, 0.2) is 5.76 Å². The van der Waals surface area contributed by atoms with Gasteiger partial charge in [-0.05, 0) is 25.0 Å². The molecule has 4 nitrogen and oxygen atoms in total. The van der Waals surface area contributed by atoms with E-state index in [0.29, 0.717) is 30.4 Å². The van der Waals surface area contributed by atoms with E-state index in [1.54, 1.807) is 0 Å². The molecule has 7 heteroatoms. The van der Waals surface area contributed by atoms with Crippen LogP contribution in [-0.2, 0) is 5.75 Å². The molecule has 2 N–H and O–H groups in total. The van der Waals surface area contributed by atoms with Gasteiger partial charge in [0.25, 0.3) is 11.7 Å². The predicted molar refractivity (Wildman–Crippen MR) is 73.9 cm³/mol. The molecule has 0 unspecified atom stereocenters. The number of carbonyl (C=O) groups excluding carboxylic acids is 1. The van der Waals surface area contributed by atoms with Crippen molar-refractivity contribution < 1.29 is 23.1 Å². The molecule has 0 saturated heterocycles. The standard InChI is InChI=1S/C13H19F2NO3S/c1-3-13(4-2,8-17)16-11(18)10-6-5-9(19-10)7-20-12(14)15/h5-6,12,17H,3-4,7-8H2,1-2H3,(H,16,18). The molecule has 0 aliphatic carbocycles. The second-order valence-corrected chi connectivity index (χ2v) is 5.42. The maximum absolute atomic E-state index is 12.1. The zero-order chi connectivity index (χ0) is 15.2. The summed E-state index contributed by atoms with van der Waals surface area (Å²) >= 11 is 0.437. The van der Waals surface area contributed by atoms with Crippen LogP contribution in [-0.4, -0.2) is 28.9 Å². The highest BCUT2D eigenvalue weighted by Crippen LogP contribution is 2.22. The Kier molecular flexibility index (Phi) is 6.48. The largest absolute Gasteiger partial charge is 0.455 e. The smallest absolute Gasteiger partial charge is 0.287 e. The van der Waals surface area contributed by atoms with Crippen molar-refractivity contribution in [2.75, 3.05) is 6.61 Å². The van der Waals surface area contributed by atoms with Gasteiger partial charge in [0.1, 0.15) is 5.76 Å². The monoisotopic (exact) mass is 307 g/mol. The molecule has 1 rings (SSSR count). The minimum Gasteiger partial charge on any atom is -0.455 e. The van der Waals surface area contributed by atoms with Gasteiger partial charge in [0.2, 0.25) is 0 Å². The van der Waals surface area contributed by atoms with Crippen molar-refractivity contribution >= 4 is 17.7 Å². The van der Waals surface area contributed by atoms with E-state index in [1.807, 2.05) is 13.8 Å². The number of rotatable bonds is 8. The topological polar surface area (TPSA) is 62.5 Å². The van der Waals surface area contributed by atoms with Gasteiger partial charge in [-0.3, -0.25) is 4.79 Å². The molecule has 1 aromatic heterocycles. The Morgan fingerprint density at radius 1 is 1.45 bits per heavy atom. The number of halogens is 2. The molecular weight excluding hydrogens is 288 g/mol. The van der Waals surface area contributed by atoms with Crippen molar-refractivity contribution in [3.05, 3.63) is 23.7 Å². The fourth-order valence-corrected chi connectivity index (χ4v) is 2.16. The van der Waals surface area contributed by atoms with Gasteiger partial charge in [0.05, 0.1) is 17.9 Å². The zero-order valence-electron chi connectivity index (χ0n) is 11.5. The van der Waals surface area contributed by atoms with Crippen molar-refractivity contribution in [2.24, 2.45) is 0 Å². The Morgan fingerprint density at radius 2 is 2.10 bits per heavy atom. The average molecular weight is 307 g/mol. The normalized spacial score (nSPS) is 11.9. The molecule has 0 atom stereocenters. The van der Waals surface area contributed by atoms with Crippen LogP contribution in [0, 0.1) is 0 Å². The number of nitrogens with one attached hydrogen (secondary N) is 1. The van der Waals surface area contributed by atoms with Crippen molar-refractivity contribution in [1.29, 1.82) is 0 Å². The van der Waals surface area contributed by atoms with E-state index in [2.05, 4.69) is 5.32 Å². The second kappa shape index (κ2) is 7.64. The third kappa shape index (κ3) is 4.49. The summed E-state index contributed by atoms with van der Waals surface area (Å²) in [6, 6.07) is 2.95. The number of aliphatic hydroxyl groups is 1. The van der Waals surface area contributed by atoms with Gasteiger partial charge in [-0.25, -0.2) is 0 Å². The minimum absolute atomic E-state index is 0.0116. The third-order valence-electron chi connectivity index (χ3n) is 3.27. The number of aliphatic hydroxyl groups excluding tert-OH is 1. The Morgan fingerprint density at radius 3 is 2.60 bits per heavy atom. The first kappa shape index (κ1) is 17.0. The van der Waals surface area contributed by atoms with E-state index >= 15 is 0 Å². The van der Waals surface area contributed by atoms with E-state index in [1.165, 1.54) is 12.1 Å². The van der Waals surface area contributed by atoms with Crippen LogP contribution in [0.4, 0.5) is 8.78 Å². The molecule has 1 heterocycles. The second-order valence-electron chi connectivity index (χ2n) is 4.44. The zero-order valence-corrected chi connectivity index (χ0v) is 12.3. The highest BCUT2D eigenvalue weighted by molar-refractivity contribution is 7.98. The van der Waals surface area contributed by atoms with Crippen molar-refractivity contribution in [2.45, 2.75) is 43.7 Å². The average Bonchev–Trinajstić information content (AvgIpc) is 2.91. The lowest BCUT2D eigenvalue weighted by Crippen LogP contribution is -2.50. The van der Waals surface area contributed by atoms with Crippen molar-refractivity contribution in [3.63, 3.8) is 0 Å². The molecule has 20 heavy (non-hydrogen) atoms. The maximum Gasteiger partial charge on any atom is 0.287 e. The molecule has 0 bridgehead atoms. The SMILES string of the molecule is CCC(CC)(CO)NC(=O)c1ccc(CSC(F)F)o1. The molecule has 0 aromatic carbocycles. The van der Waals surface area contributed by atoms with Crippen molar-refractivity contribution in [3.8, 4) is 0 Å². The van der Waals surface area contributed by atoms with Gasteiger partial charge < -0.3 is 14.8 Å². The van der Waals surface area contributed by atoms with E-state index < -0.39 is 17.2 Å². The van der Waals surface area contributed by atoms with Gasteiger partial charge in [0, 0.05) is 0 Å². The summed E-state index contributed by atoms with van der Waals surface area (Å²) in [4.78, 5) is 12.0. The molecule has 1 amide bonds. The fourth-order valence-electron chi connectivity index (χ4n) is 1.71. The molecule has 0 aliphatic heterocycles. The summed E-state index contributed by atoms with van der Waals surface area (Å²) < 4.78 is 29.3. The molecular formula is C13H19F2NO3S. The van der Waals surface area contributed by atoms with Crippen LogP contribution >= 0.6 is 11.8 Å². The number of furan rings is 1. The van der Waals surface area contributed by atoms with Crippen LogP contribution in [0.2, 0.25) is 0 Å². The van der Waals surface area contributed by atoms with Gasteiger partial charge >= 0.3 is 0 Å². The van der Waals surface area contributed by atoms with Gasteiger partial charge in [-0.1, -0.05) is 25.6 Å². The van der Waals surface area contributed by atoms with E-state index in [4.69, 9.17) is 4.42 Å². The first-order valence-corrected chi connectivity index (χ1v) is 7.43. The van der Waals surface area contributed by atoms with E-state index in [9.17, 15) is 18.7 Å². The Balaban J connectivity index is 2.68. The summed E-state index contributed by atoms with van der Waals surface area (Å²) in [6.45, 7) is 3.57. The Hall–Kier alpha value is -1.08. The quantitative estimate of drug-likeness (QED) is 0.775. The lowest BCUT2D eigenvalue weighted by Gasteiger charge is -2.30. The van der Waals surface area contributed by atoms with Crippen LogP contribution in [0.1, 0.15) is 43.0 Å². The maximum atomic E-state index is 12.1. The minimum atomic E-state index is -2.47. The van der Waals surface area contributed by atoms with E-state index in [0.717, 1.165) is 0 Å². The molecule has 0 spiro atoms. The number of hydrogen-bond donors (Lipinski definition) is 2. The number of thioether (sulfide) groups is 1. The van der Waals surface area contributed by atoms with Crippen LogP contribution in [0.15, 0.2) is 16.5 Å². The van der Waals surface area contributed by atoms with Crippen LogP contribution in [0.3, 0.4) is 0 Å². The summed E-state index contributed by atoms with van der Waals surface area (Å²) in [5.74, 6) is -2.52. The molecule has 1 aromatic rings. The summed E-state index contributed by atoms with van der Waals surface area (Å²) in [5, 5.41) is 12.1. The lowest BCUT2D eigenvalue weighted by molar-refractivity contribution is 0.0789. The number of alkyl halides is 2. The first-order chi connectivity index (χ1) is 9.46. The highest BCUT2D eigenvalue weighted by atomic mass is 32.2. The summed E-state index contributed by atoms with van der Waals surface area (Å²) in [6.07, 6.45) is 1.17. The molecule has 0 saturated carbocycles. The van der Waals surface area contributed by atoms with Gasteiger partial charge in [-0.15, -0.1) is 0 Å². The first-order valence-electron chi connectivity index (χ1n) is 6.38. The predicted octanol–water partition coefficient (Wildman–Crippen LogP) is 3.02. The molecule has 0 aliphatic rings.